The molecule has 2 aromatic rings. The van der Waals surface area contributed by atoms with Crippen molar-refractivity contribution in [1.82, 2.24) is 14.6 Å². The summed E-state index contributed by atoms with van der Waals surface area (Å²) in [5.41, 5.74) is 1.30. The van der Waals surface area contributed by atoms with Gasteiger partial charge in [0.25, 0.3) is 5.91 Å². The quantitative estimate of drug-likeness (QED) is 0.874. The molecule has 0 aliphatic carbocycles. The van der Waals surface area contributed by atoms with Gasteiger partial charge in [-0.15, -0.1) is 0 Å². The van der Waals surface area contributed by atoms with Crippen molar-refractivity contribution in [3.8, 4) is 0 Å². The Kier molecular flexibility index (Phi) is 5.68. The fourth-order valence-electron chi connectivity index (χ4n) is 3.11. The van der Waals surface area contributed by atoms with E-state index in [4.69, 9.17) is 0 Å². The van der Waals surface area contributed by atoms with Gasteiger partial charge in [-0.3, -0.25) is 9.78 Å². The summed E-state index contributed by atoms with van der Waals surface area (Å²) >= 11 is 0. The van der Waals surface area contributed by atoms with Gasteiger partial charge in [0.05, 0.1) is 4.90 Å². The van der Waals surface area contributed by atoms with Crippen molar-refractivity contribution in [2.24, 2.45) is 0 Å². The number of benzene rings is 1. The molecule has 0 radical (unpaired) electrons. The Morgan fingerprint density at radius 3 is 2.65 bits per heavy atom. The van der Waals surface area contributed by atoms with Crippen molar-refractivity contribution < 1.29 is 13.2 Å². The first-order valence-electron chi connectivity index (χ1n) is 8.77. The average Bonchev–Trinajstić information content (AvgIpc) is 2.67. The summed E-state index contributed by atoms with van der Waals surface area (Å²) < 4.78 is 27.4. The Balaban J connectivity index is 1.69. The molecule has 7 heteroatoms. The molecular formula is C19H23N3O3S. The van der Waals surface area contributed by atoms with Gasteiger partial charge in [0.15, 0.2) is 0 Å². The van der Waals surface area contributed by atoms with Crippen LogP contribution in [0.2, 0.25) is 0 Å². The van der Waals surface area contributed by atoms with Crippen molar-refractivity contribution in [2.45, 2.75) is 43.7 Å². The molecule has 1 aromatic heterocycles. The normalized spacial score (nSPS) is 17.9. The number of likely N-dealkylation sites (tertiary alicyclic amines) is 1. The number of aromatic nitrogens is 1. The van der Waals surface area contributed by atoms with Gasteiger partial charge in [0.2, 0.25) is 10.0 Å². The predicted molar refractivity (Wildman–Crippen MR) is 99.1 cm³/mol. The van der Waals surface area contributed by atoms with Crippen molar-refractivity contribution in [3.63, 3.8) is 0 Å². The lowest BCUT2D eigenvalue weighted by Crippen LogP contribution is -2.42. The first-order valence-corrected chi connectivity index (χ1v) is 10.3. The van der Waals surface area contributed by atoms with E-state index < -0.39 is 10.0 Å². The van der Waals surface area contributed by atoms with Crippen LogP contribution in [0.1, 0.15) is 42.1 Å². The third-order valence-corrected chi connectivity index (χ3v) is 6.08. The molecule has 1 atom stereocenters. The molecular weight excluding hydrogens is 350 g/mol. The van der Waals surface area contributed by atoms with Crippen molar-refractivity contribution in [1.29, 1.82) is 0 Å². The number of nitrogens with zero attached hydrogens (tertiary/aromatic N) is 2. The largest absolute Gasteiger partial charge is 0.336 e. The molecule has 1 unspecified atom stereocenters. The standard InChI is InChI=1S/C19H23N3O3S/c1-15-5-2-3-12-22(15)19(23)17-7-9-18(10-8-17)26(24,25)21-14-16-6-4-11-20-13-16/h4,6-11,13,15,21H,2-3,5,12,14H2,1H3. The van der Waals surface area contributed by atoms with E-state index in [1.165, 1.54) is 12.1 Å². The van der Waals surface area contributed by atoms with Crippen LogP contribution in [-0.2, 0) is 16.6 Å². The zero-order valence-electron chi connectivity index (χ0n) is 14.8. The number of sulfonamides is 1. The average molecular weight is 373 g/mol. The number of hydrogen-bond acceptors (Lipinski definition) is 4. The van der Waals surface area contributed by atoms with E-state index in [2.05, 4.69) is 16.6 Å². The molecule has 0 saturated carbocycles. The minimum Gasteiger partial charge on any atom is -0.336 e. The molecule has 1 N–H and O–H groups in total. The highest BCUT2D eigenvalue weighted by Crippen LogP contribution is 2.20. The summed E-state index contributed by atoms with van der Waals surface area (Å²) in [6, 6.07) is 9.91. The fraction of sp³-hybridized carbons (Fsp3) is 0.368. The smallest absolute Gasteiger partial charge is 0.254 e. The first kappa shape index (κ1) is 18.5. The summed E-state index contributed by atoms with van der Waals surface area (Å²) in [6.07, 6.45) is 6.42. The van der Waals surface area contributed by atoms with E-state index in [1.54, 1.807) is 36.7 Å². The van der Waals surface area contributed by atoms with Crippen LogP contribution in [0.25, 0.3) is 0 Å². The maximum absolute atomic E-state index is 12.6. The number of piperidine rings is 1. The summed E-state index contributed by atoms with van der Waals surface area (Å²) in [6.45, 7) is 2.98. The van der Waals surface area contributed by atoms with E-state index in [0.717, 1.165) is 31.4 Å². The molecule has 1 fully saturated rings. The van der Waals surface area contributed by atoms with E-state index in [0.29, 0.717) is 5.56 Å². The van der Waals surface area contributed by atoms with Crippen LogP contribution in [-0.4, -0.2) is 36.8 Å². The topological polar surface area (TPSA) is 79.4 Å². The number of hydrogen-bond donors (Lipinski definition) is 1. The van der Waals surface area contributed by atoms with Gasteiger partial charge in [-0.25, -0.2) is 13.1 Å². The Hall–Kier alpha value is -2.25. The van der Waals surface area contributed by atoms with Crippen LogP contribution in [0.15, 0.2) is 53.7 Å². The zero-order valence-corrected chi connectivity index (χ0v) is 15.6. The number of amides is 1. The second kappa shape index (κ2) is 7.97. The van der Waals surface area contributed by atoms with E-state index in [-0.39, 0.29) is 23.4 Å². The third kappa shape index (κ3) is 4.28. The predicted octanol–water partition coefficient (Wildman–Crippen LogP) is 2.57. The highest BCUT2D eigenvalue weighted by Gasteiger charge is 2.24. The SMILES string of the molecule is CC1CCCCN1C(=O)c1ccc(S(=O)(=O)NCc2cccnc2)cc1. The van der Waals surface area contributed by atoms with Crippen LogP contribution in [0, 0.1) is 0 Å². The molecule has 0 spiro atoms. The molecule has 1 aromatic carbocycles. The van der Waals surface area contributed by atoms with Crippen LogP contribution >= 0.6 is 0 Å². The molecule has 0 bridgehead atoms. The second-order valence-electron chi connectivity index (χ2n) is 6.55. The lowest BCUT2D eigenvalue weighted by Gasteiger charge is -2.33. The molecule has 138 valence electrons. The lowest BCUT2D eigenvalue weighted by molar-refractivity contribution is 0.0635. The molecule has 1 saturated heterocycles. The Bertz CT molecular complexity index is 851. The lowest BCUT2D eigenvalue weighted by atomic mass is 10.0. The van der Waals surface area contributed by atoms with Crippen molar-refractivity contribution in [3.05, 3.63) is 59.9 Å². The molecule has 26 heavy (non-hydrogen) atoms. The zero-order chi connectivity index (χ0) is 18.6. The van der Waals surface area contributed by atoms with Gasteiger partial charge in [0.1, 0.15) is 0 Å². The monoisotopic (exact) mass is 373 g/mol. The number of carbonyl (C=O) groups is 1. The van der Waals surface area contributed by atoms with Gasteiger partial charge in [-0.1, -0.05) is 6.07 Å². The number of carbonyl (C=O) groups excluding carboxylic acids is 1. The molecule has 6 nitrogen and oxygen atoms in total. The maximum Gasteiger partial charge on any atom is 0.254 e. The summed E-state index contributed by atoms with van der Waals surface area (Å²) in [5.74, 6) is -0.0375. The van der Waals surface area contributed by atoms with Crippen LogP contribution in [0.5, 0.6) is 0 Å². The molecule has 1 aliphatic heterocycles. The Morgan fingerprint density at radius 2 is 2.00 bits per heavy atom. The third-order valence-electron chi connectivity index (χ3n) is 4.66. The highest BCUT2D eigenvalue weighted by atomic mass is 32.2. The first-order chi connectivity index (χ1) is 12.5. The molecule has 3 rings (SSSR count). The van der Waals surface area contributed by atoms with E-state index in [9.17, 15) is 13.2 Å². The van der Waals surface area contributed by atoms with Gasteiger partial charge in [0, 0.05) is 37.1 Å². The van der Waals surface area contributed by atoms with E-state index in [1.807, 2.05) is 4.90 Å². The molecule has 2 heterocycles. The maximum atomic E-state index is 12.6. The highest BCUT2D eigenvalue weighted by molar-refractivity contribution is 7.89. The van der Waals surface area contributed by atoms with Gasteiger partial charge in [-0.2, -0.15) is 0 Å². The van der Waals surface area contributed by atoms with Crippen LogP contribution < -0.4 is 4.72 Å². The van der Waals surface area contributed by atoms with Crippen molar-refractivity contribution in [2.75, 3.05) is 6.54 Å². The number of nitrogens with one attached hydrogen (secondary N) is 1. The van der Waals surface area contributed by atoms with Crippen LogP contribution in [0.4, 0.5) is 0 Å². The Labute approximate surface area is 154 Å². The fourth-order valence-corrected chi connectivity index (χ4v) is 4.12. The minimum absolute atomic E-state index is 0.0375. The van der Waals surface area contributed by atoms with Gasteiger partial charge < -0.3 is 4.90 Å². The van der Waals surface area contributed by atoms with Gasteiger partial charge >= 0.3 is 0 Å². The number of pyridine rings is 1. The van der Waals surface area contributed by atoms with E-state index >= 15 is 0 Å². The minimum atomic E-state index is -3.64. The second-order valence-corrected chi connectivity index (χ2v) is 8.32. The van der Waals surface area contributed by atoms with Crippen molar-refractivity contribution >= 4 is 15.9 Å². The van der Waals surface area contributed by atoms with Crippen LogP contribution in [0.3, 0.4) is 0 Å². The molecule has 1 amide bonds. The van der Waals surface area contributed by atoms with Gasteiger partial charge in [-0.05, 0) is 62.1 Å². The molecule has 1 aliphatic rings. The Morgan fingerprint density at radius 1 is 1.23 bits per heavy atom. The summed E-state index contributed by atoms with van der Waals surface area (Å²) in [5, 5.41) is 0. The summed E-state index contributed by atoms with van der Waals surface area (Å²) in [4.78, 5) is 18.6. The number of rotatable bonds is 5. The summed E-state index contributed by atoms with van der Waals surface area (Å²) in [7, 11) is -3.64.